The molecular formula is C54H88Cl10N20U2Zn. The van der Waals surface area contributed by atoms with Crippen LogP contribution < -0.4 is 86.9 Å². The molecule has 9 heterocycles. The molecule has 0 aromatic carbocycles. The van der Waals surface area contributed by atoms with Crippen molar-refractivity contribution in [1.29, 1.82) is 0 Å². The molecule has 8 aromatic rings. The molecule has 20 nitrogen and oxygen atoms in total. The quantitative estimate of drug-likeness (QED) is 0.123. The van der Waals surface area contributed by atoms with Gasteiger partial charge in [0.1, 0.15) is 0 Å². The monoisotopic (exact) mass is 1910 g/mol. The molecule has 0 atom stereocenters. The van der Waals surface area contributed by atoms with Crippen LogP contribution in [0.2, 0.25) is 0 Å². The minimum atomic E-state index is 0. The van der Waals surface area contributed by atoms with Gasteiger partial charge in [-0.25, -0.2) is 0 Å². The number of hydrogen-bond acceptors (Lipinski definition) is 12. The van der Waals surface area contributed by atoms with Gasteiger partial charge in [0.2, 0.25) is 0 Å². The van der Waals surface area contributed by atoms with E-state index in [2.05, 4.69) is 103 Å². The van der Waals surface area contributed by atoms with Gasteiger partial charge < -0.3 is 128 Å². The first-order chi connectivity index (χ1) is 39.0. The number of aryl methyl sites for hydroxylation is 16. The van der Waals surface area contributed by atoms with Gasteiger partial charge in [0.25, 0.3) is 0 Å². The number of nitrogens with one attached hydrogen (secondary N) is 4. The first-order valence-corrected chi connectivity index (χ1v) is 30.0. The van der Waals surface area contributed by atoms with E-state index in [-0.39, 0.29) is 128 Å². The van der Waals surface area contributed by atoms with E-state index >= 15 is 0 Å². The Balaban J connectivity index is -0.000000110. The summed E-state index contributed by atoms with van der Waals surface area (Å²) in [7, 11) is 0. The van der Waals surface area contributed by atoms with Gasteiger partial charge in [-0.3, -0.25) is 0 Å². The van der Waals surface area contributed by atoms with Crippen LogP contribution in [0.5, 0.6) is 0 Å². The smallest absolute Gasteiger partial charge is 1.00 e. The molecule has 4 N–H and O–H groups in total. The van der Waals surface area contributed by atoms with Gasteiger partial charge in [0, 0.05) is 71.7 Å². The molecule has 0 saturated carbocycles. The Morgan fingerprint density at radius 2 is 0.368 bits per heavy atom. The van der Waals surface area contributed by atoms with Crippen LogP contribution in [0.15, 0.2) is 48.5 Å². The summed E-state index contributed by atoms with van der Waals surface area (Å²) in [6.07, 6.45) is 2.44. The van der Waals surface area contributed by atoms with Crippen molar-refractivity contribution in [2.75, 3.05) is 73.7 Å². The van der Waals surface area contributed by atoms with Gasteiger partial charge in [0.05, 0.1) is 21.4 Å². The maximum absolute atomic E-state index is 4.76. The van der Waals surface area contributed by atoms with Crippen LogP contribution in [-0.4, -0.2) is 115 Å². The van der Waals surface area contributed by atoms with E-state index in [4.69, 9.17) is 92.8 Å². The summed E-state index contributed by atoms with van der Waals surface area (Å²) in [5, 5.41) is 74.7. The average Bonchev–Trinajstić information content (AvgIpc) is 4.33. The summed E-state index contributed by atoms with van der Waals surface area (Å²) in [5.41, 5.74) is 16.0. The third-order valence-electron chi connectivity index (χ3n) is 8.64. The van der Waals surface area contributed by atoms with Gasteiger partial charge in [-0.1, -0.05) is 104 Å². The van der Waals surface area contributed by atoms with Gasteiger partial charge in [0.15, 0.2) is 0 Å². The maximum Gasteiger partial charge on any atom is 4.00 e. The molecule has 1 saturated heterocycles. The fourth-order valence-corrected chi connectivity index (χ4v) is 5.67. The number of nitrogens with zero attached hydrogens (tertiary/aromatic N) is 16. The molecule has 0 unspecified atom stereocenters. The molecule has 8 aromatic heterocycles. The third-order valence-corrected chi connectivity index (χ3v) is 8.64. The van der Waals surface area contributed by atoms with E-state index in [0.717, 1.165) is 143 Å². The van der Waals surface area contributed by atoms with Gasteiger partial charge in [-0.15, -0.1) is 138 Å². The Kier molecular flexibility index (Phi) is 91.5. The van der Waals surface area contributed by atoms with E-state index in [1.807, 2.05) is 159 Å². The van der Waals surface area contributed by atoms with E-state index in [1.54, 1.807) is 0 Å². The van der Waals surface area contributed by atoms with Crippen LogP contribution in [0.4, 0.5) is 0 Å². The molecule has 0 spiro atoms. The molecule has 1 aliphatic heterocycles. The molecule has 0 amide bonds. The van der Waals surface area contributed by atoms with E-state index in [1.165, 1.54) is 12.8 Å². The molecule has 484 valence electrons. The Labute approximate surface area is 632 Å². The van der Waals surface area contributed by atoms with Crippen LogP contribution in [-0.2, 0) is 19.5 Å². The van der Waals surface area contributed by atoms with Crippen LogP contribution >= 0.6 is 92.8 Å². The van der Waals surface area contributed by atoms with Crippen molar-refractivity contribution in [3.8, 4) is 0 Å². The summed E-state index contributed by atoms with van der Waals surface area (Å²) in [5.74, 6) is 0. The van der Waals surface area contributed by atoms with Crippen LogP contribution in [0.25, 0.3) is 0 Å². The molecule has 1 fully saturated rings. The van der Waals surface area contributed by atoms with E-state index in [0.29, 0.717) is 0 Å². The Morgan fingerprint density at radius 3 is 0.425 bits per heavy atom. The average molecular weight is 1910 g/mol. The molecule has 87 heavy (non-hydrogen) atoms. The molecule has 0 bridgehead atoms. The van der Waals surface area contributed by atoms with Crippen molar-refractivity contribution in [1.82, 2.24) is 103 Å². The largest absolute Gasteiger partial charge is 4.00 e. The zero-order valence-corrected chi connectivity index (χ0v) is 72.0. The number of aromatic nitrogens is 16. The van der Waals surface area contributed by atoms with Gasteiger partial charge in [-0.2, -0.15) is 0 Å². The van der Waals surface area contributed by atoms with E-state index in [9.17, 15) is 0 Å². The summed E-state index contributed by atoms with van der Waals surface area (Å²) in [6.45, 7) is 39.8. The van der Waals surface area contributed by atoms with Crippen molar-refractivity contribution < 1.29 is 107 Å². The summed E-state index contributed by atoms with van der Waals surface area (Å²) in [6, 6.07) is 15.6. The van der Waals surface area contributed by atoms with Crippen molar-refractivity contribution in [2.45, 2.75) is 124 Å². The maximum atomic E-state index is 4.76. The van der Waals surface area contributed by atoms with Crippen LogP contribution in [0.3, 0.4) is 0 Å². The number of alkyl halides is 8. The normalized spacial score (nSPS) is 10.8. The van der Waals surface area contributed by atoms with Crippen molar-refractivity contribution in [3.63, 3.8) is 0 Å². The van der Waals surface area contributed by atoms with Crippen molar-refractivity contribution in [2.24, 2.45) is 0 Å². The second kappa shape index (κ2) is 75.9. The Morgan fingerprint density at radius 1 is 0.264 bits per heavy atom. The Hall–Kier alpha value is -0.853. The number of hydrogen-bond donors (Lipinski definition) is 4. The zero-order valence-electron chi connectivity index (χ0n) is 53.2. The topological polar surface area (TPSA) is 264 Å². The predicted octanol–water partition coefficient (Wildman–Crippen LogP) is 4.08. The molecule has 9 rings (SSSR count). The summed E-state index contributed by atoms with van der Waals surface area (Å²) < 4.78 is 0. The fourth-order valence-electron chi connectivity index (χ4n) is 5.67. The van der Waals surface area contributed by atoms with Crippen molar-refractivity contribution >= 4 is 92.8 Å². The SMILES string of the molecule is C1CNCCNCCCNCCNC1.Cc1cc(C)[n-]n1.Cc1cc(C)[n-]n1.Cc1cc(C)[n-]n1.Cc1cc(C)[n-]n1.Cc1cc(C)[n-]n1.Cc1cc(C)[n-]n1.Cc1cc(C)[n-]n1.Cc1cc(C)[n-]n1.ClCCl.ClCCl.ClCCl.ClCCl.[Cl-].[Cl-].[U+4].[U+4].[Zn+2]. The minimum Gasteiger partial charge on any atom is -1.00 e. The van der Waals surface area contributed by atoms with Crippen LogP contribution in [0.1, 0.15) is 104 Å². The first-order valence-electron chi connectivity index (χ1n) is 25.8. The van der Waals surface area contributed by atoms with Gasteiger partial charge in [-0.05, 0) is 94.4 Å². The van der Waals surface area contributed by atoms with E-state index < -0.39 is 0 Å². The summed E-state index contributed by atoms with van der Waals surface area (Å²) in [4.78, 5) is 0. The second-order valence-electron chi connectivity index (χ2n) is 17.1. The fraction of sp³-hybridized carbons (Fsp3) is 0.556. The molecule has 0 radical (unpaired) electrons. The minimum absolute atomic E-state index is 0. The number of halogens is 10. The second-order valence-corrected chi connectivity index (χ2v) is 20.4. The number of rotatable bonds is 0. The predicted molar refractivity (Wildman–Crippen MR) is 343 cm³/mol. The zero-order chi connectivity index (χ0) is 62.9. The third kappa shape index (κ3) is 81.2. The molecule has 0 aliphatic carbocycles. The van der Waals surface area contributed by atoms with Crippen LogP contribution in [0, 0.1) is 173 Å². The van der Waals surface area contributed by atoms with Gasteiger partial charge >= 0.3 is 81.7 Å². The molecule has 33 heteroatoms. The summed E-state index contributed by atoms with van der Waals surface area (Å²) >= 11 is 38.1. The van der Waals surface area contributed by atoms with Crippen molar-refractivity contribution in [3.05, 3.63) is 140 Å². The molecule has 1 aliphatic rings. The Bertz CT molecular complexity index is 1900. The first kappa shape index (κ1) is 105. The standard InChI is InChI=1S/C10H24N4.8C5H7N2.4CH2Cl2.2ClH.2U.Zn/c1-3-11-7-9-13-5-2-6-14-10-8-12-4-1;8*1-4-3-5(2)7-6-4;4*2-1-3;;;;;/h11-14H,1-10H2;8*3H,1-2H3;4*1H2;2*1H;;;/q;8*-1;;;;;;;2*+4;+2/p-2. The molecular weight excluding hydrogens is 1820 g/mol.